The van der Waals surface area contributed by atoms with Crippen LogP contribution < -0.4 is 10.6 Å². The van der Waals surface area contributed by atoms with Gasteiger partial charge < -0.3 is 10.6 Å². The molecule has 0 saturated heterocycles. The van der Waals surface area contributed by atoms with E-state index in [9.17, 15) is 18.4 Å². The molecule has 0 spiro atoms. The Bertz CT molecular complexity index is 1130. The summed E-state index contributed by atoms with van der Waals surface area (Å²) in [5.74, 6) is -0.515. The molecule has 3 aromatic rings. The number of aromatic nitrogens is 2. The molecule has 0 radical (unpaired) electrons. The summed E-state index contributed by atoms with van der Waals surface area (Å²) in [5.41, 5.74) is 2.05. The number of benzene rings is 2. The monoisotopic (exact) mass is 462 g/mol. The molecular weight excluding hydrogens is 446 g/mol. The van der Waals surface area contributed by atoms with Gasteiger partial charge in [-0.1, -0.05) is 29.8 Å². The second-order valence-corrected chi connectivity index (χ2v) is 8.27. The molecule has 1 aliphatic rings. The van der Waals surface area contributed by atoms with E-state index in [1.165, 1.54) is 28.9 Å². The van der Waals surface area contributed by atoms with Crippen LogP contribution in [0.25, 0.3) is 0 Å². The standard InChI is InChI=1S/C21H17ClF2N4O2S/c22-15-2-1-3-16(24)19(15)21(30)26-20-14-10-31-11-17(14)27-28(20)9-18(29)25-8-12-4-6-13(23)7-5-12/h1-7H,8-11H2,(H,25,29)(H,26,30). The fraction of sp³-hybridized carbons (Fsp3) is 0.190. The maximum Gasteiger partial charge on any atom is 0.261 e. The molecule has 2 N–H and O–H groups in total. The number of hydrogen-bond donors (Lipinski definition) is 2. The smallest absolute Gasteiger partial charge is 0.261 e. The summed E-state index contributed by atoms with van der Waals surface area (Å²) < 4.78 is 28.5. The third kappa shape index (κ3) is 4.72. The number of halogens is 3. The van der Waals surface area contributed by atoms with E-state index >= 15 is 0 Å². The van der Waals surface area contributed by atoms with Gasteiger partial charge in [0.15, 0.2) is 0 Å². The Morgan fingerprint density at radius 1 is 1.13 bits per heavy atom. The van der Waals surface area contributed by atoms with E-state index in [2.05, 4.69) is 15.7 Å². The van der Waals surface area contributed by atoms with Gasteiger partial charge in [-0.15, -0.1) is 0 Å². The molecule has 2 amide bonds. The second-order valence-electron chi connectivity index (χ2n) is 6.88. The molecule has 0 atom stereocenters. The summed E-state index contributed by atoms with van der Waals surface area (Å²) in [6, 6.07) is 9.80. The van der Waals surface area contributed by atoms with Crippen molar-refractivity contribution in [3.63, 3.8) is 0 Å². The van der Waals surface area contributed by atoms with Crippen molar-refractivity contribution in [2.45, 2.75) is 24.6 Å². The van der Waals surface area contributed by atoms with Gasteiger partial charge >= 0.3 is 0 Å². The van der Waals surface area contributed by atoms with Crippen LogP contribution in [-0.2, 0) is 29.4 Å². The van der Waals surface area contributed by atoms with Crippen LogP contribution in [0.15, 0.2) is 42.5 Å². The highest BCUT2D eigenvalue weighted by molar-refractivity contribution is 7.98. The molecule has 0 fully saturated rings. The van der Waals surface area contributed by atoms with Crippen molar-refractivity contribution in [3.05, 3.63) is 81.5 Å². The molecule has 0 saturated carbocycles. The van der Waals surface area contributed by atoms with Crippen LogP contribution in [0, 0.1) is 11.6 Å². The Balaban J connectivity index is 1.50. The minimum absolute atomic E-state index is 0.00775. The van der Waals surface area contributed by atoms with Crippen LogP contribution in [-0.4, -0.2) is 21.6 Å². The molecule has 2 heterocycles. The number of thioether (sulfide) groups is 1. The van der Waals surface area contributed by atoms with Gasteiger partial charge in [0.25, 0.3) is 5.91 Å². The van der Waals surface area contributed by atoms with Gasteiger partial charge in [-0.25, -0.2) is 13.5 Å². The molecule has 1 aliphatic heterocycles. The van der Waals surface area contributed by atoms with Crippen LogP contribution in [0.3, 0.4) is 0 Å². The number of anilines is 1. The van der Waals surface area contributed by atoms with Crippen LogP contribution in [0.1, 0.15) is 27.2 Å². The quantitative estimate of drug-likeness (QED) is 0.577. The molecule has 0 aliphatic carbocycles. The highest BCUT2D eigenvalue weighted by atomic mass is 35.5. The van der Waals surface area contributed by atoms with Crippen molar-refractivity contribution in [2.75, 3.05) is 5.32 Å². The number of nitrogens with zero attached hydrogens (tertiary/aromatic N) is 2. The Morgan fingerprint density at radius 2 is 1.90 bits per heavy atom. The highest BCUT2D eigenvalue weighted by Crippen LogP contribution is 2.35. The number of amides is 2. The second kappa shape index (κ2) is 9.07. The van der Waals surface area contributed by atoms with Gasteiger partial charge in [-0.3, -0.25) is 9.59 Å². The first kappa shape index (κ1) is 21.3. The van der Waals surface area contributed by atoms with Crippen LogP contribution in [0.4, 0.5) is 14.6 Å². The summed E-state index contributed by atoms with van der Waals surface area (Å²) in [5, 5.41) is 9.84. The summed E-state index contributed by atoms with van der Waals surface area (Å²) in [6.45, 7) is 0.0853. The Kier molecular flexibility index (Phi) is 6.24. The van der Waals surface area contributed by atoms with Crippen molar-refractivity contribution < 1.29 is 18.4 Å². The van der Waals surface area contributed by atoms with Crippen molar-refractivity contribution in [2.24, 2.45) is 0 Å². The average molecular weight is 463 g/mol. The Morgan fingerprint density at radius 3 is 2.65 bits per heavy atom. The van der Waals surface area contributed by atoms with E-state index in [4.69, 9.17) is 11.6 Å². The van der Waals surface area contributed by atoms with E-state index < -0.39 is 11.7 Å². The number of hydrogen-bond acceptors (Lipinski definition) is 4. The van der Waals surface area contributed by atoms with E-state index in [-0.39, 0.29) is 35.4 Å². The summed E-state index contributed by atoms with van der Waals surface area (Å²) in [4.78, 5) is 25.2. The van der Waals surface area contributed by atoms with E-state index in [1.807, 2.05) is 0 Å². The molecule has 1 aromatic heterocycles. The number of carbonyl (C=O) groups excluding carboxylic acids is 2. The van der Waals surface area contributed by atoms with E-state index in [1.54, 1.807) is 23.9 Å². The molecule has 31 heavy (non-hydrogen) atoms. The molecule has 4 rings (SSSR count). The lowest BCUT2D eigenvalue weighted by molar-refractivity contribution is -0.122. The minimum Gasteiger partial charge on any atom is -0.350 e. The van der Waals surface area contributed by atoms with Crippen LogP contribution in [0.2, 0.25) is 5.02 Å². The first-order valence-corrected chi connectivity index (χ1v) is 10.9. The van der Waals surface area contributed by atoms with Gasteiger partial charge in [0.05, 0.1) is 16.3 Å². The maximum absolute atomic E-state index is 14.1. The molecular formula is C21H17ClF2N4O2S. The van der Waals surface area contributed by atoms with Crippen molar-refractivity contribution in [3.8, 4) is 0 Å². The first-order valence-electron chi connectivity index (χ1n) is 9.35. The third-order valence-electron chi connectivity index (χ3n) is 4.74. The average Bonchev–Trinajstić information content (AvgIpc) is 3.30. The van der Waals surface area contributed by atoms with Crippen molar-refractivity contribution >= 4 is 41.0 Å². The number of nitrogens with one attached hydrogen (secondary N) is 2. The SMILES string of the molecule is O=C(Cn1nc2c(c1NC(=O)c1c(F)cccc1Cl)CSC2)NCc1ccc(F)cc1. The fourth-order valence-electron chi connectivity index (χ4n) is 3.20. The molecule has 0 bridgehead atoms. The molecule has 10 heteroatoms. The normalized spacial score (nSPS) is 12.5. The summed E-state index contributed by atoms with van der Waals surface area (Å²) >= 11 is 7.63. The lowest BCUT2D eigenvalue weighted by Crippen LogP contribution is -2.29. The van der Waals surface area contributed by atoms with E-state index in [0.29, 0.717) is 17.3 Å². The van der Waals surface area contributed by atoms with Crippen LogP contribution >= 0.6 is 23.4 Å². The number of carbonyl (C=O) groups is 2. The predicted octanol–water partition coefficient (Wildman–Crippen LogP) is 4.13. The Hall–Kier alpha value is -2.91. The summed E-state index contributed by atoms with van der Waals surface area (Å²) in [6.07, 6.45) is 0. The molecule has 0 unspecified atom stereocenters. The van der Waals surface area contributed by atoms with Gasteiger partial charge in [0.1, 0.15) is 24.0 Å². The maximum atomic E-state index is 14.1. The largest absolute Gasteiger partial charge is 0.350 e. The first-order chi connectivity index (χ1) is 14.9. The zero-order chi connectivity index (χ0) is 22.0. The topological polar surface area (TPSA) is 76.0 Å². The lowest BCUT2D eigenvalue weighted by atomic mass is 10.2. The fourth-order valence-corrected chi connectivity index (χ4v) is 4.48. The molecule has 160 valence electrons. The highest BCUT2D eigenvalue weighted by Gasteiger charge is 2.26. The van der Waals surface area contributed by atoms with Gasteiger partial charge in [-0.05, 0) is 29.8 Å². The van der Waals surface area contributed by atoms with Crippen molar-refractivity contribution in [1.82, 2.24) is 15.1 Å². The van der Waals surface area contributed by atoms with Gasteiger partial charge in [-0.2, -0.15) is 16.9 Å². The summed E-state index contributed by atoms with van der Waals surface area (Å²) in [7, 11) is 0. The van der Waals surface area contributed by atoms with E-state index in [0.717, 1.165) is 22.9 Å². The molecule has 6 nitrogen and oxygen atoms in total. The number of rotatable bonds is 6. The van der Waals surface area contributed by atoms with Crippen LogP contribution in [0.5, 0.6) is 0 Å². The number of fused-ring (bicyclic) bond motifs is 1. The van der Waals surface area contributed by atoms with Crippen molar-refractivity contribution in [1.29, 1.82) is 0 Å². The van der Waals surface area contributed by atoms with Gasteiger partial charge in [0.2, 0.25) is 5.91 Å². The zero-order valence-corrected chi connectivity index (χ0v) is 17.7. The lowest BCUT2D eigenvalue weighted by Gasteiger charge is -2.12. The zero-order valence-electron chi connectivity index (χ0n) is 16.1. The predicted molar refractivity (Wildman–Crippen MR) is 115 cm³/mol. The Labute approximate surface area is 186 Å². The third-order valence-corrected chi connectivity index (χ3v) is 6.02. The molecule has 2 aromatic carbocycles. The van der Waals surface area contributed by atoms with Gasteiger partial charge in [0, 0.05) is 23.6 Å². The minimum atomic E-state index is -0.737.